The molecular formula is C26H32N4O3. The van der Waals surface area contributed by atoms with Gasteiger partial charge in [0.05, 0.1) is 14.2 Å². The van der Waals surface area contributed by atoms with E-state index in [1.807, 2.05) is 28.9 Å². The number of aromatic nitrogens is 2. The number of carbonyl (C=O) groups excluding carboxylic acids is 1. The molecule has 0 bridgehead atoms. The molecule has 3 aromatic rings. The summed E-state index contributed by atoms with van der Waals surface area (Å²) in [6.45, 7) is 3.19. The van der Waals surface area contributed by atoms with E-state index in [1.54, 1.807) is 33.2 Å². The summed E-state index contributed by atoms with van der Waals surface area (Å²) in [5.74, 6) is 1.67. The Hall–Kier alpha value is -3.32. The Morgan fingerprint density at radius 2 is 1.79 bits per heavy atom. The van der Waals surface area contributed by atoms with Gasteiger partial charge in [0.15, 0.2) is 5.69 Å². The van der Waals surface area contributed by atoms with E-state index < -0.39 is 0 Å². The molecule has 0 aliphatic carbocycles. The fourth-order valence-corrected chi connectivity index (χ4v) is 4.31. The minimum absolute atomic E-state index is 0.0438. The monoisotopic (exact) mass is 448 g/mol. The van der Waals surface area contributed by atoms with Crippen LogP contribution in [0.5, 0.6) is 11.5 Å². The first kappa shape index (κ1) is 22.9. The standard InChI is InChI=1S/C26H32N4O3/c1-28(2)26(31)25-23-18-29(17-20-6-5-7-22(16-20)33-4)14-13-24(23)30(27-25)15-12-19-8-10-21(32-3)11-9-19/h5-11,16H,12-15,17-18H2,1-4H3. The van der Waals surface area contributed by atoms with E-state index in [0.717, 1.165) is 49.5 Å². The van der Waals surface area contributed by atoms with Gasteiger partial charge in [-0.05, 0) is 41.8 Å². The van der Waals surface area contributed by atoms with Crippen molar-refractivity contribution in [2.45, 2.75) is 32.5 Å². The van der Waals surface area contributed by atoms with Crippen LogP contribution >= 0.6 is 0 Å². The average molecular weight is 449 g/mol. The molecule has 174 valence electrons. The van der Waals surface area contributed by atoms with Crippen molar-refractivity contribution >= 4 is 5.91 Å². The van der Waals surface area contributed by atoms with Gasteiger partial charge in [0.2, 0.25) is 0 Å². The number of carbonyl (C=O) groups is 1. The van der Waals surface area contributed by atoms with Crippen LogP contribution in [0.25, 0.3) is 0 Å². The maximum Gasteiger partial charge on any atom is 0.274 e. The first-order valence-corrected chi connectivity index (χ1v) is 11.3. The number of ether oxygens (including phenoxy) is 2. The summed E-state index contributed by atoms with van der Waals surface area (Å²) in [5.41, 5.74) is 5.22. The van der Waals surface area contributed by atoms with Gasteiger partial charge in [-0.15, -0.1) is 0 Å². The molecule has 1 aliphatic heterocycles. The highest BCUT2D eigenvalue weighted by Crippen LogP contribution is 2.26. The summed E-state index contributed by atoms with van der Waals surface area (Å²) < 4.78 is 12.7. The predicted molar refractivity (Wildman–Crippen MR) is 128 cm³/mol. The number of benzene rings is 2. The molecule has 33 heavy (non-hydrogen) atoms. The highest BCUT2D eigenvalue weighted by molar-refractivity contribution is 5.93. The minimum Gasteiger partial charge on any atom is -0.497 e. The molecule has 0 N–H and O–H groups in total. The molecule has 0 radical (unpaired) electrons. The third kappa shape index (κ3) is 5.20. The summed E-state index contributed by atoms with van der Waals surface area (Å²) in [4.78, 5) is 16.9. The van der Waals surface area contributed by atoms with Crippen LogP contribution in [0, 0.1) is 0 Å². The van der Waals surface area contributed by atoms with Gasteiger partial charge in [0.25, 0.3) is 5.91 Å². The minimum atomic E-state index is -0.0438. The topological polar surface area (TPSA) is 59.8 Å². The van der Waals surface area contributed by atoms with Gasteiger partial charge in [0, 0.05) is 58.0 Å². The van der Waals surface area contributed by atoms with E-state index in [4.69, 9.17) is 14.6 Å². The average Bonchev–Trinajstić information content (AvgIpc) is 3.20. The number of nitrogens with zero attached hydrogens (tertiary/aromatic N) is 4. The van der Waals surface area contributed by atoms with Crippen molar-refractivity contribution in [1.82, 2.24) is 19.6 Å². The molecular weight excluding hydrogens is 416 g/mol. The highest BCUT2D eigenvalue weighted by Gasteiger charge is 2.28. The van der Waals surface area contributed by atoms with Gasteiger partial charge >= 0.3 is 0 Å². The second kappa shape index (κ2) is 10.1. The number of amides is 1. The summed E-state index contributed by atoms with van der Waals surface area (Å²) in [7, 11) is 6.92. The molecule has 7 nitrogen and oxygen atoms in total. The van der Waals surface area contributed by atoms with Crippen LogP contribution in [0.4, 0.5) is 0 Å². The van der Waals surface area contributed by atoms with Crippen molar-refractivity contribution in [1.29, 1.82) is 0 Å². The number of aryl methyl sites for hydroxylation is 2. The molecule has 2 heterocycles. The van der Waals surface area contributed by atoms with E-state index in [1.165, 1.54) is 16.8 Å². The van der Waals surface area contributed by atoms with Gasteiger partial charge in [-0.3, -0.25) is 14.4 Å². The largest absolute Gasteiger partial charge is 0.497 e. The van der Waals surface area contributed by atoms with Gasteiger partial charge in [-0.1, -0.05) is 24.3 Å². The molecule has 0 atom stereocenters. The molecule has 2 aromatic carbocycles. The van der Waals surface area contributed by atoms with Crippen LogP contribution < -0.4 is 9.47 Å². The van der Waals surface area contributed by atoms with E-state index in [2.05, 4.69) is 29.2 Å². The van der Waals surface area contributed by atoms with Crippen LogP contribution in [0.15, 0.2) is 48.5 Å². The zero-order chi connectivity index (χ0) is 23.4. The lowest BCUT2D eigenvalue weighted by Crippen LogP contribution is -2.32. The molecule has 1 aromatic heterocycles. The Kier molecular flexibility index (Phi) is 6.99. The fraction of sp³-hybridized carbons (Fsp3) is 0.385. The Morgan fingerprint density at radius 1 is 1.03 bits per heavy atom. The molecule has 0 spiro atoms. The van der Waals surface area contributed by atoms with Crippen molar-refractivity contribution in [2.24, 2.45) is 0 Å². The second-order valence-electron chi connectivity index (χ2n) is 8.61. The van der Waals surface area contributed by atoms with E-state index >= 15 is 0 Å². The number of rotatable bonds is 8. The lowest BCUT2D eigenvalue weighted by Gasteiger charge is -2.28. The lowest BCUT2D eigenvalue weighted by atomic mass is 10.0. The maximum absolute atomic E-state index is 12.9. The second-order valence-corrected chi connectivity index (χ2v) is 8.61. The van der Waals surface area contributed by atoms with Gasteiger partial charge < -0.3 is 14.4 Å². The van der Waals surface area contributed by atoms with Crippen molar-refractivity contribution in [3.8, 4) is 11.5 Å². The van der Waals surface area contributed by atoms with Crippen LogP contribution in [-0.2, 0) is 32.5 Å². The van der Waals surface area contributed by atoms with E-state index in [0.29, 0.717) is 12.2 Å². The van der Waals surface area contributed by atoms with Crippen molar-refractivity contribution in [3.63, 3.8) is 0 Å². The first-order valence-electron chi connectivity index (χ1n) is 11.3. The van der Waals surface area contributed by atoms with Crippen LogP contribution in [0.1, 0.15) is 32.9 Å². The molecule has 1 amide bonds. The Labute approximate surface area is 195 Å². The van der Waals surface area contributed by atoms with Crippen molar-refractivity contribution in [3.05, 3.63) is 76.6 Å². The Bertz CT molecular complexity index is 1110. The third-order valence-electron chi connectivity index (χ3n) is 6.13. The molecule has 0 fully saturated rings. The summed E-state index contributed by atoms with van der Waals surface area (Å²) in [6, 6.07) is 16.3. The van der Waals surface area contributed by atoms with Crippen molar-refractivity contribution in [2.75, 3.05) is 34.9 Å². The third-order valence-corrected chi connectivity index (χ3v) is 6.13. The zero-order valence-electron chi connectivity index (χ0n) is 19.9. The fourth-order valence-electron chi connectivity index (χ4n) is 4.31. The van der Waals surface area contributed by atoms with E-state index in [-0.39, 0.29) is 5.91 Å². The van der Waals surface area contributed by atoms with E-state index in [9.17, 15) is 4.79 Å². The smallest absolute Gasteiger partial charge is 0.274 e. The SMILES string of the molecule is COc1ccc(CCn2nc(C(=O)N(C)C)c3c2CCN(Cc2cccc(OC)c2)C3)cc1. The zero-order valence-corrected chi connectivity index (χ0v) is 19.9. The summed E-state index contributed by atoms with van der Waals surface area (Å²) in [5, 5.41) is 4.78. The van der Waals surface area contributed by atoms with Crippen LogP contribution in [-0.4, -0.2) is 60.3 Å². The van der Waals surface area contributed by atoms with Crippen LogP contribution in [0.3, 0.4) is 0 Å². The van der Waals surface area contributed by atoms with Crippen LogP contribution in [0.2, 0.25) is 0 Å². The number of methoxy groups -OCH3 is 2. The maximum atomic E-state index is 12.9. The number of hydrogen-bond donors (Lipinski definition) is 0. The quantitative estimate of drug-likeness (QED) is 0.529. The highest BCUT2D eigenvalue weighted by atomic mass is 16.5. The van der Waals surface area contributed by atoms with Gasteiger partial charge in [-0.2, -0.15) is 5.10 Å². The number of fused-ring (bicyclic) bond motifs is 1. The van der Waals surface area contributed by atoms with Gasteiger partial charge in [-0.25, -0.2) is 0 Å². The normalized spacial score (nSPS) is 13.5. The molecule has 4 rings (SSSR count). The van der Waals surface area contributed by atoms with Crippen molar-refractivity contribution < 1.29 is 14.3 Å². The summed E-state index contributed by atoms with van der Waals surface area (Å²) in [6.07, 6.45) is 1.72. The molecule has 1 aliphatic rings. The van der Waals surface area contributed by atoms with Gasteiger partial charge in [0.1, 0.15) is 11.5 Å². The Morgan fingerprint density at radius 3 is 2.48 bits per heavy atom. The molecule has 0 saturated heterocycles. The first-order chi connectivity index (χ1) is 16.0. The molecule has 0 saturated carbocycles. The number of hydrogen-bond acceptors (Lipinski definition) is 5. The molecule has 0 unspecified atom stereocenters. The lowest BCUT2D eigenvalue weighted by molar-refractivity contribution is 0.0818. The predicted octanol–water partition coefficient (Wildman–Crippen LogP) is 3.40. The molecule has 7 heteroatoms. The summed E-state index contributed by atoms with van der Waals surface area (Å²) >= 11 is 0. The Balaban J connectivity index is 1.54.